The lowest BCUT2D eigenvalue weighted by Gasteiger charge is -2.33. The second-order valence-corrected chi connectivity index (χ2v) is 11.4. The number of nitrogens with zero attached hydrogens (tertiary/aromatic N) is 2. The van der Waals surface area contributed by atoms with Crippen molar-refractivity contribution in [1.29, 1.82) is 0 Å². The molecule has 0 fully saturated rings. The van der Waals surface area contributed by atoms with Gasteiger partial charge >= 0.3 is 0 Å². The fraction of sp³-hybridized carbons (Fsp3) is 0.440. The Balaban J connectivity index is 1.98. The van der Waals surface area contributed by atoms with E-state index in [1.165, 1.54) is 17.9 Å². The molecule has 1 aliphatic rings. The molecular weight excluding hydrogens is 541 g/mol. The predicted octanol–water partition coefficient (Wildman–Crippen LogP) is 4.21. The number of fused-ring (bicyclic) bond motifs is 1. The first-order valence-corrected chi connectivity index (χ1v) is 14.4. The molecule has 1 aliphatic heterocycles. The van der Waals surface area contributed by atoms with Crippen LogP contribution in [-0.2, 0) is 26.2 Å². The van der Waals surface area contributed by atoms with Crippen LogP contribution in [-0.4, -0.2) is 56.8 Å². The van der Waals surface area contributed by atoms with Crippen molar-refractivity contribution >= 4 is 50.7 Å². The molecule has 1 unspecified atom stereocenters. The molecule has 202 valence electrons. The average molecular weight is 573 g/mol. The first kappa shape index (κ1) is 28.9. The third kappa shape index (κ3) is 7.00. The Labute approximate surface area is 227 Å². The van der Waals surface area contributed by atoms with E-state index >= 15 is 0 Å². The van der Waals surface area contributed by atoms with Gasteiger partial charge in [-0.2, -0.15) is 0 Å². The SMILES string of the molecule is CCCNC(=O)C(CC)N(Cc1ccc(Cl)c(Cl)c1)C(=O)CN(c1ccc2c(c1)OCO2)S(=O)(=O)CC. The van der Waals surface area contributed by atoms with Gasteiger partial charge in [0.15, 0.2) is 11.5 Å². The number of rotatable bonds is 12. The molecular formula is C25H31Cl2N3O6S. The Morgan fingerprint density at radius 3 is 2.41 bits per heavy atom. The van der Waals surface area contributed by atoms with Gasteiger partial charge in [-0.1, -0.05) is 43.1 Å². The molecule has 0 saturated carbocycles. The lowest BCUT2D eigenvalue weighted by Crippen LogP contribution is -2.52. The Bertz CT molecular complexity index is 1240. The summed E-state index contributed by atoms with van der Waals surface area (Å²) in [5, 5.41) is 3.51. The van der Waals surface area contributed by atoms with Gasteiger partial charge < -0.3 is 19.7 Å². The summed E-state index contributed by atoms with van der Waals surface area (Å²) in [6.45, 7) is 5.24. The van der Waals surface area contributed by atoms with Crippen LogP contribution in [0.25, 0.3) is 0 Å². The van der Waals surface area contributed by atoms with Crippen LogP contribution in [0.3, 0.4) is 0 Å². The molecule has 0 radical (unpaired) electrons. The minimum Gasteiger partial charge on any atom is -0.454 e. The Hall–Kier alpha value is -2.69. The smallest absolute Gasteiger partial charge is 0.244 e. The fourth-order valence-electron chi connectivity index (χ4n) is 3.88. The van der Waals surface area contributed by atoms with E-state index in [1.54, 1.807) is 37.3 Å². The van der Waals surface area contributed by atoms with Crippen LogP contribution in [0.15, 0.2) is 36.4 Å². The summed E-state index contributed by atoms with van der Waals surface area (Å²) in [6.07, 6.45) is 1.06. The van der Waals surface area contributed by atoms with Gasteiger partial charge in [-0.3, -0.25) is 13.9 Å². The van der Waals surface area contributed by atoms with Crippen LogP contribution >= 0.6 is 23.2 Å². The number of anilines is 1. The molecule has 37 heavy (non-hydrogen) atoms. The molecule has 0 spiro atoms. The first-order chi connectivity index (χ1) is 17.6. The maximum atomic E-state index is 13.8. The maximum absolute atomic E-state index is 13.8. The zero-order chi connectivity index (χ0) is 27.2. The summed E-state index contributed by atoms with van der Waals surface area (Å²) in [5.74, 6) is -0.205. The summed E-state index contributed by atoms with van der Waals surface area (Å²) in [6, 6.07) is 8.81. The van der Waals surface area contributed by atoms with Crippen LogP contribution < -0.4 is 19.1 Å². The van der Waals surface area contributed by atoms with E-state index in [0.717, 1.165) is 10.7 Å². The minimum absolute atomic E-state index is 0.0285. The fourth-order valence-corrected chi connectivity index (χ4v) is 5.25. The van der Waals surface area contributed by atoms with E-state index in [1.807, 2.05) is 6.92 Å². The van der Waals surface area contributed by atoms with E-state index in [9.17, 15) is 18.0 Å². The van der Waals surface area contributed by atoms with Crippen molar-refractivity contribution in [2.24, 2.45) is 0 Å². The highest BCUT2D eigenvalue weighted by atomic mass is 35.5. The minimum atomic E-state index is -3.86. The quantitative estimate of drug-likeness (QED) is 0.409. The highest BCUT2D eigenvalue weighted by molar-refractivity contribution is 7.92. The van der Waals surface area contributed by atoms with E-state index in [0.29, 0.717) is 40.1 Å². The molecule has 3 rings (SSSR count). The van der Waals surface area contributed by atoms with Crippen molar-refractivity contribution in [2.75, 3.05) is 29.9 Å². The van der Waals surface area contributed by atoms with Gasteiger partial charge in [0.05, 0.1) is 21.5 Å². The number of halogens is 2. The second-order valence-electron chi connectivity index (χ2n) is 8.43. The first-order valence-electron chi connectivity index (χ1n) is 12.0. The highest BCUT2D eigenvalue weighted by Gasteiger charge is 2.33. The molecule has 2 aromatic rings. The largest absolute Gasteiger partial charge is 0.454 e. The van der Waals surface area contributed by atoms with Gasteiger partial charge in [0.2, 0.25) is 28.6 Å². The standard InChI is InChI=1S/C25H31Cl2N3O6S/c1-4-11-28-25(32)21(5-2)29(14-17-7-9-19(26)20(27)12-17)24(31)15-30(37(33,34)6-3)18-8-10-22-23(13-18)36-16-35-22/h7-10,12-13,21H,4-6,11,14-16H2,1-3H3,(H,28,32). The van der Waals surface area contributed by atoms with Crippen molar-refractivity contribution < 1.29 is 27.5 Å². The molecule has 2 amide bonds. The molecule has 1 N–H and O–H groups in total. The Kier molecular flexibility index (Phi) is 9.92. The molecule has 1 atom stereocenters. The topological polar surface area (TPSA) is 105 Å². The van der Waals surface area contributed by atoms with Crippen molar-refractivity contribution in [3.8, 4) is 11.5 Å². The molecule has 0 bridgehead atoms. The van der Waals surface area contributed by atoms with Gasteiger partial charge in [-0.05, 0) is 49.6 Å². The van der Waals surface area contributed by atoms with E-state index in [-0.39, 0.29) is 30.7 Å². The predicted molar refractivity (Wildman–Crippen MR) is 144 cm³/mol. The lowest BCUT2D eigenvalue weighted by molar-refractivity contribution is -0.140. The maximum Gasteiger partial charge on any atom is 0.244 e. The van der Waals surface area contributed by atoms with Crippen LogP contribution in [0, 0.1) is 0 Å². The highest BCUT2D eigenvalue weighted by Crippen LogP contribution is 2.36. The monoisotopic (exact) mass is 571 g/mol. The van der Waals surface area contributed by atoms with Gasteiger partial charge in [-0.15, -0.1) is 0 Å². The molecule has 12 heteroatoms. The number of carbonyl (C=O) groups excluding carboxylic acids is 2. The number of hydrogen-bond acceptors (Lipinski definition) is 6. The number of carbonyl (C=O) groups is 2. The third-order valence-corrected chi connectivity index (χ3v) is 8.38. The summed E-state index contributed by atoms with van der Waals surface area (Å²) < 4.78 is 37.9. The van der Waals surface area contributed by atoms with E-state index in [4.69, 9.17) is 32.7 Å². The van der Waals surface area contributed by atoms with Crippen LogP contribution in [0.4, 0.5) is 5.69 Å². The van der Waals surface area contributed by atoms with Crippen LogP contribution in [0.5, 0.6) is 11.5 Å². The summed E-state index contributed by atoms with van der Waals surface area (Å²) in [7, 11) is -3.86. The zero-order valence-electron chi connectivity index (χ0n) is 21.0. The molecule has 1 heterocycles. The molecule has 9 nitrogen and oxygen atoms in total. The number of hydrogen-bond donors (Lipinski definition) is 1. The Morgan fingerprint density at radius 1 is 1.03 bits per heavy atom. The van der Waals surface area contributed by atoms with Gasteiger partial charge in [0.25, 0.3) is 0 Å². The molecule has 0 aliphatic carbocycles. The van der Waals surface area contributed by atoms with E-state index in [2.05, 4.69) is 5.32 Å². The van der Waals surface area contributed by atoms with Crippen molar-refractivity contribution in [3.05, 3.63) is 52.0 Å². The van der Waals surface area contributed by atoms with Gasteiger partial charge in [0.1, 0.15) is 12.6 Å². The lowest BCUT2D eigenvalue weighted by atomic mass is 10.1. The molecule has 0 saturated heterocycles. The van der Waals surface area contributed by atoms with Crippen LogP contribution in [0.2, 0.25) is 10.0 Å². The van der Waals surface area contributed by atoms with Crippen molar-refractivity contribution in [2.45, 2.75) is 46.2 Å². The van der Waals surface area contributed by atoms with Gasteiger partial charge in [0, 0.05) is 19.2 Å². The zero-order valence-corrected chi connectivity index (χ0v) is 23.3. The number of ether oxygens (including phenoxy) is 2. The summed E-state index contributed by atoms with van der Waals surface area (Å²) in [4.78, 5) is 28.2. The number of sulfonamides is 1. The Morgan fingerprint density at radius 2 is 1.76 bits per heavy atom. The second kappa shape index (κ2) is 12.7. The van der Waals surface area contributed by atoms with Crippen LogP contribution in [0.1, 0.15) is 39.2 Å². The average Bonchev–Trinajstić information content (AvgIpc) is 3.35. The number of nitrogens with one attached hydrogen (secondary N) is 1. The number of amides is 2. The molecule has 2 aromatic carbocycles. The number of benzene rings is 2. The van der Waals surface area contributed by atoms with Crippen molar-refractivity contribution in [1.82, 2.24) is 10.2 Å². The normalized spacial score (nSPS) is 13.2. The molecule has 0 aromatic heterocycles. The third-order valence-electron chi connectivity index (χ3n) is 5.90. The summed E-state index contributed by atoms with van der Waals surface area (Å²) >= 11 is 12.2. The summed E-state index contributed by atoms with van der Waals surface area (Å²) in [5.41, 5.74) is 0.912. The van der Waals surface area contributed by atoms with E-state index < -0.39 is 28.5 Å². The van der Waals surface area contributed by atoms with Gasteiger partial charge in [-0.25, -0.2) is 8.42 Å². The van der Waals surface area contributed by atoms with Crippen molar-refractivity contribution in [3.63, 3.8) is 0 Å².